The summed E-state index contributed by atoms with van der Waals surface area (Å²) in [5.74, 6) is 1.13. The van der Waals surface area contributed by atoms with Crippen molar-refractivity contribution in [2.75, 3.05) is 19.8 Å². The lowest BCUT2D eigenvalue weighted by Crippen LogP contribution is -2.11. The molecular formula is C18H19FO4. The smallest absolute Gasteiger partial charge is 0.163 e. The van der Waals surface area contributed by atoms with Crippen LogP contribution in [0.15, 0.2) is 42.5 Å². The fourth-order valence-corrected chi connectivity index (χ4v) is 2.01. The van der Waals surface area contributed by atoms with Crippen LogP contribution in [0.3, 0.4) is 0 Å². The maximum atomic E-state index is 13.2. The summed E-state index contributed by atoms with van der Waals surface area (Å²) in [6.45, 7) is 4.47. The van der Waals surface area contributed by atoms with Crippen LogP contribution in [-0.2, 0) is 0 Å². The number of carbonyl (C=O) groups is 1. The minimum atomic E-state index is -0.465. The van der Waals surface area contributed by atoms with E-state index in [1.54, 1.807) is 0 Å². The van der Waals surface area contributed by atoms with E-state index < -0.39 is 5.82 Å². The number of halogens is 1. The maximum Gasteiger partial charge on any atom is 0.163 e. The van der Waals surface area contributed by atoms with E-state index in [2.05, 4.69) is 0 Å². The molecule has 0 radical (unpaired) electrons. The van der Waals surface area contributed by atoms with Crippen molar-refractivity contribution in [1.82, 2.24) is 0 Å². The Morgan fingerprint density at radius 3 is 2.17 bits per heavy atom. The Morgan fingerprint density at radius 1 is 0.957 bits per heavy atom. The lowest BCUT2D eigenvalue weighted by molar-refractivity contribution is 0.101. The van der Waals surface area contributed by atoms with Gasteiger partial charge in [0.2, 0.25) is 0 Å². The molecule has 0 saturated carbocycles. The summed E-state index contributed by atoms with van der Waals surface area (Å²) in [5, 5.41) is 0. The van der Waals surface area contributed by atoms with Gasteiger partial charge in [-0.25, -0.2) is 4.39 Å². The average molecular weight is 318 g/mol. The van der Waals surface area contributed by atoms with Crippen molar-refractivity contribution in [1.29, 1.82) is 0 Å². The summed E-state index contributed by atoms with van der Waals surface area (Å²) in [4.78, 5) is 11.5. The van der Waals surface area contributed by atoms with Crippen molar-refractivity contribution in [3.63, 3.8) is 0 Å². The Morgan fingerprint density at radius 2 is 1.57 bits per heavy atom. The van der Waals surface area contributed by atoms with E-state index in [-0.39, 0.29) is 18.0 Å². The van der Waals surface area contributed by atoms with E-state index in [1.807, 2.05) is 31.2 Å². The van der Waals surface area contributed by atoms with Gasteiger partial charge in [-0.2, -0.15) is 0 Å². The molecule has 0 amide bonds. The van der Waals surface area contributed by atoms with Gasteiger partial charge in [-0.05, 0) is 56.3 Å². The zero-order valence-corrected chi connectivity index (χ0v) is 13.2. The third-order valence-corrected chi connectivity index (χ3v) is 3.07. The monoisotopic (exact) mass is 318 g/mol. The second-order valence-electron chi connectivity index (χ2n) is 4.80. The largest absolute Gasteiger partial charge is 0.494 e. The summed E-state index contributed by atoms with van der Waals surface area (Å²) >= 11 is 0. The topological polar surface area (TPSA) is 44.8 Å². The molecule has 2 rings (SSSR count). The highest BCUT2D eigenvalue weighted by Crippen LogP contribution is 2.21. The minimum absolute atomic E-state index is 0.228. The Bertz CT molecular complexity index is 653. The molecule has 4 nitrogen and oxygen atoms in total. The molecule has 122 valence electrons. The van der Waals surface area contributed by atoms with Crippen LogP contribution in [0.5, 0.6) is 17.2 Å². The molecule has 0 aromatic heterocycles. The number of rotatable bonds is 8. The van der Waals surface area contributed by atoms with Gasteiger partial charge in [0.15, 0.2) is 5.78 Å². The van der Waals surface area contributed by atoms with Crippen LogP contribution in [0.1, 0.15) is 24.2 Å². The van der Waals surface area contributed by atoms with Crippen molar-refractivity contribution in [3.8, 4) is 17.2 Å². The molecule has 0 atom stereocenters. The number of ketones is 1. The zero-order chi connectivity index (χ0) is 16.7. The van der Waals surface area contributed by atoms with Gasteiger partial charge in [0.05, 0.1) is 12.2 Å². The van der Waals surface area contributed by atoms with Gasteiger partial charge >= 0.3 is 0 Å². The standard InChI is InChI=1S/C18H19FO4/c1-3-21-15-5-7-16(8-6-15)22-10-11-23-18-9-4-14(19)12-17(18)13(2)20/h4-9,12H,3,10-11H2,1-2H3. The summed E-state index contributed by atoms with van der Waals surface area (Å²) in [6.07, 6.45) is 0. The highest BCUT2D eigenvalue weighted by atomic mass is 19.1. The Labute approximate surface area is 134 Å². The number of Topliss-reactive ketones (excluding diaryl/α,β-unsaturated/α-hetero) is 1. The van der Waals surface area contributed by atoms with Crippen molar-refractivity contribution in [2.45, 2.75) is 13.8 Å². The first-order chi connectivity index (χ1) is 11.1. The number of carbonyl (C=O) groups excluding carboxylic acids is 1. The maximum absolute atomic E-state index is 13.2. The third-order valence-electron chi connectivity index (χ3n) is 3.07. The Kier molecular flexibility index (Phi) is 5.97. The summed E-state index contributed by atoms with van der Waals surface area (Å²) < 4.78 is 29.6. The molecule has 2 aromatic rings. The van der Waals surface area contributed by atoms with E-state index in [0.29, 0.717) is 24.7 Å². The highest BCUT2D eigenvalue weighted by Gasteiger charge is 2.09. The number of hydrogen-bond donors (Lipinski definition) is 0. The van der Waals surface area contributed by atoms with Gasteiger partial charge in [0.1, 0.15) is 36.3 Å². The normalized spacial score (nSPS) is 10.2. The lowest BCUT2D eigenvalue weighted by atomic mass is 10.1. The molecule has 0 fully saturated rings. The molecule has 2 aromatic carbocycles. The van der Waals surface area contributed by atoms with Gasteiger partial charge < -0.3 is 14.2 Å². The van der Waals surface area contributed by atoms with Gasteiger partial charge in [0, 0.05) is 0 Å². The quantitative estimate of drug-likeness (QED) is 0.547. The van der Waals surface area contributed by atoms with Crippen LogP contribution in [0, 0.1) is 5.82 Å². The average Bonchev–Trinajstić information content (AvgIpc) is 2.54. The van der Waals surface area contributed by atoms with Crippen LogP contribution < -0.4 is 14.2 Å². The highest BCUT2D eigenvalue weighted by molar-refractivity contribution is 5.96. The van der Waals surface area contributed by atoms with Gasteiger partial charge in [-0.3, -0.25) is 4.79 Å². The van der Waals surface area contributed by atoms with Crippen molar-refractivity contribution < 1.29 is 23.4 Å². The predicted octanol–water partition coefficient (Wildman–Crippen LogP) is 3.88. The lowest BCUT2D eigenvalue weighted by Gasteiger charge is -2.11. The first-order valence-electron chi connectivity index (χ1n) is 7.39. The molecule has 0 bridgehead atoms. The molecule has 0 aliphatic carbocycles. The van der Waals surface area contributed by atoms with E-state index in [9.17, 15) is 9.18 Å². The number of benzene rings is 2. The van der Waals surface area contributed by atoms with Gasteiger partial charge in [-0.15, -0.1) is 0 Å². The van der Waals surface area contributed by atoms with Crippen LogP contribution in [0.2, 0.25) is 0 Å². The molecule has 23 heavy (non-hydrogen) atoms. The van der Waals surface area contributed by atoms with E-state index in [4.69, 9.17) is 14.2 Å². The molecule has 0 heterocycles. The van der Waals surface area contributed by atoms with E-state index >= 15 is 0 Å². The fraction of sp³-hybridized carbons (Fsp3) is 0.278. The molecule has 0 saturated heterocycles. The van der Waals surface area contributed by atoms with Gasteiger partial charge in [0.25, 0.3) is 0 Å². The first kappa shape index (κ1) is 16.8. The zero-order valence-electron chi connectivity index (χ0n) is 13.2. The van der Waals surface area contributed by atoms with E-state index in [0.717, 1.165) is 5.75 Å². The molecular weight excluding hydrogens is 299 g/mol. The van der Waals surface area contributed by atoms with Crippen molar-refractivity contribution in [3.05, 3.63) is 53.8 Å². The van der Waals surface area contributed by atoms with Crippen LogP contribution in [0.4, 0.5) is 4.39 Å². The molecule has 0 N–H and O–H groups in total. The fourth-order valence-electron chi connectivity index (χ4n) is 2.01. The number of ether oxygens (including phenoxy) is 3. The second kappa shape index (κ2) is 8.17. The minimum Gasteiger partial charge on any atom is -0.494 e. The summed E-state index contributed by atoms with van der Waals surface area (Å²) in [7, 11) is 0. The molecule has 0 spiro atoms. The molecule has 5 heteroatoms. The Hall–Kier alpha value is -2.56. The number of hydrogen-bond acceptors (Lipinski definition) is 4. The molecule has 0 aliphatic rings. The SMILES string of the molecule is CCOc1ccc(OCCOc2ccc(F)cc2C(C)=O)cc1. The molecule has 0 unspecified atom stereocenters. The van der Waals surface area contributed by atoms with Crippen molar-refractivity contribution in [2.24, 2.45) is 0 Å². The van der Waals surface area contributed by atoms with Crippen LogP contribution in [0.25, 0.3) is 0 Å². The summed E-state index contributed by atoms with van der Waals surface area (Å²) in [5.41, 5.74) is 0.228. The second-order valence-corrected chi connectivity index (χ2v) is 4.80. The first-order valence-corrected chi connectivity index (χ1v) is 7.39. The third kappa shape index (κ3) is 4.98. The van der Waals surface area contributed by atoms with Crippen LogP contribution in [-0.4, -0.2) is 25.6 Å². The molecule has 0 aliphatic heterocycles. The van der Waals surface area contributed by atoms with Crippen molar-refractivity contribution >= 4 is 5.78 Å². The van der Waals surface area contributed by atoms with E-state index in [1.165, 1.54) is 25.1 Å². The summed E-state index contributed by atoms with van der Waals surface area (Å²) in [6, 6.07) is 11.2. The van der Waals surface area contributed by atoms with Gasteiger partial charge in [-0.1, -0.05) is 0 Å². The van der Waals surface area contributed by atoms with Crippen LogP contribution >= 0.6 is 0 Å². The Balaban J connectivity index is 1.84. The predicted molar refractivity (Wildman–Crippen MR) is 85.0 cm³/mol.